The quantitative estimate of drug-likeness (QED) is 0.485. The maximum atomic E-state index is 12.4. The zero-order valence-corrected chi connectivity index (χ0v) is 11.3. The Balaban J connectivity index is 2.23. The average Bonchev–Trinajstić information content (AvgIpc) is 2.40. The topological polar surface area (TPSA) is 102 Å². The number of amides is 1. The number of nitro benzene ring substituents is 1. The summed E-state index contributed by atoms with van der Waals surface area (Å²) in [7, 11) is 1.67. The number of hydrogen-bond acceptors (Lipinski definition) is 5. The molecule has 1 saturated carbocycles. The van der Waals surface area contributed by atoms with E-state index < -0.39 is 4.92 Å². The Bertz CT molecular complexity index is 528. The normalized spacial score (nSPS) is 14.5. The van der Waals surface area contributed by atoms with Gasteiger partial charge in [-0.05, 0) is 30.9 Å². The van der Waals surface area contributed by atoms with Gasteiger partial charge in [-0.3, -0.25) is 20.8 Å². The molecule has 1 aromatic carbocycles. The molecule has 1 aromatic rings. The fourth-order valence-corrected chi connectivity index (χ4v) is 2.31. The van der Waals surface area contributed by atoms with Crippen molar-refractivity contribution in [3.05, 3.63) is 33.9 Å². The lowest BCUT2D eigenvalue weighted by molar-refractivity contribution is -0.385. The third-order valence-electron chi connectivity index (χ3n) is 3.69. The predicted molar refractivity (Wildman–Crippen MR) is 75.2 cm³/mol. The first-order valence-electron chi connectivity index (χ1n) is 6.53. The maximum absolute atomic E-state index is 12.4. The summed E-state index contributed by atoms with van der Waals surface area (Å²) in [6, 6.07) is 4.18. The smallest absolute Gasteiger partial charge is 0.282 e. The first kappa shape index (κ1) is 14.3. The van der Waals surface area contributed by atoms with Gasteiger partial charge in [0.15, 0.2) is 0 Å². The number of anilines is 1. The zero-order chi connectivity index (χ0) is 14.7. The molecular weight excluding hydrogens is 260 g/mol. The average molecular weight is 278 g/mol. The van der Waals surface area contributed by atoms with Crippen LogP contribution in [0.4, 0.5) is 11.4 Å². The highest BCUT2D eigenvalue weighted by molar-refractivity contribution is 5.99. The van der Waals surface area contributed by atoms with Gasteiger partial charge in [-0.15, -0.1) is 0 Å². The molecule has 0 aromatic heterocycles. The van der Waals surface area contributed by atoms with Gasteiger partial charge < -0.3 is 10.3 Å². The maximum Gasteiger partial charge on any atom is 0.282 e. The molecule has 0 heterocycles. The number of hydrogen-bond donors (Lipinski definition) is 2. The lowest BCUT2D eigenvalue weighted by Gasteiger charge is -2.30. The third-order valence-corrected chi connectivity index (χ3v) is 3.69. The van der Waals surface area contributed by atoms with Crippen LogP contribution in [0, 0.1) is 16.0 Å². The predicted octanol–water partition coefficient (Wildman–Crippen LogP) is 1.75. The zero-order valence-electron chi connectivity index (χ0n) is 11.3. The fraction of sp³-hybridized carbons (Fsp3) is 0.462. The Morgan fingerprint density at radius 2 is 2.25 bits per heavy atom. The van der Waals surface area contributed by atoms with Gasteiger partial charge in [-0.1, -0.05) is 6.42 Å². The second kappa shape index (κ2) is 5.87. The molecule has 0 unspecified atom stereocenters. The minimum absolute atomic E-state index is 0.0623. The number of carbonyl (C=O) groups is 1. The van der Waals surface area contributed by atoms with Crippen LogP contribution in [0.25, 0.3) is 0 Å². The van der Waals surface area contributed by atoms with Crippen molar-refractivity contribution >= 4 is 17.3 Å². The van der Waals surface area contributed by atoms with Crippen LogP contribution in [0.5, 0.6) is 0 Å². The largest absolute Gasteiger partial charge is 0.341 e. The Labute approximate surface area is 116 Å². The summed E-state index contributed by atoms with van der Waals surface area (Å²) in [6.45, 7) is 0.635. The monoisotopic (exact) mass is 278 g/mol. The summed E-state index contributed by atoms with van der Waals surface area (Å²) in [4.78, 5) is 24.4. The van der Waals surface area contributed by atoms with Gasteiger partial charge in [-0.2, -0.15) is 0 Å². The van der Waals surface area contributed by atoms with E-state index in [9.17, 15) is 14.9 Å². The van der Waals surface area contributed by atoms with Crippen LogP contribution in [0.3, 0.4) is 0 Å². The highest BCUT2D eigenvalue weighted by Gasteiger charge is 2.26. The first-order valence-corrected chi connectivity index (χ1v) is 6.53. The molecule has 0 bridgehead atoms. The molecule has 0 radical (unpaired) electrons. The number of rotatable bonds is 5. The summed E-state index contributed by atoms with van der Waals surface area (Å²) >= 11 is 0. The molecule has 7 nitrogen and oxygen atoms in total. The summed E-state index contributed by atoms with van der Waals surface area (Å²) in [5.74, 6) is 5.45. The number of carbonyl (C=O) groups excluding carboxylic acids is 1. The van der Waals surface area contributed by atoms with Crippen LogP contribution < -0.4 is 11.3 Å². The molecule has 0 spiro atoms. The molecule has 0 atom stereocenters. The third kappa shape index (κ3) is 2.88. The number of benzene rings is 1. The molecule has 1 amide bonds. The minimum atomic E-state index is -0.551. The summed E-state index contributed by atoms with van der Waals surface area (Å²) in [6.07, 6.45) is 3.42. The van der Waals surface area contributed by atoms with Crippen molar-refractivity contribution in [3.8, 4) is 0 Å². The number of nitrogens with one attached hydrogen (secondary N) is 1. The van der Waals surface area contributed by atoms with Crippen LogP contribution in [0.2, 0.25) is 0 Å². The lowest BCUT2D eigenvalue weighted by Crippen LogP contribution is -2.34. The number of nitrogens with two attached hydrogens (primary N) is 1. The van der Waals surface area contributed by atoms with Crippen LogP contribution >= 0.6 is 0 Å². The van der Waals surface area contributed by atoms with Crippen molar-refractivity contribution in [1.29, 1.82) is 0 Å². The van der Waals surface area contributed by atoms with Gasteiger partial charge in [0.1, 0.15) is 5.56 Å². The van der Waals surface area contributed by atoms with Crippen molar-refractivity contribution in [2.75, 3.05) is 19.0 Å². The van der Waals surface area contributed by atoms with E-state index >= 15 is 0 Å². The van der Waals surface area contributed by atoms with Crippen molar-refractivity contribution in [2.45, 2.75) is 19.3 Å². The van der Waals surface area contributed by atoms with Gasteiger partial charge in [0, 0.05) is 25.3 Å². The van der Waals surface area contributed by atoms with Crippen LogP contribution in [-0.2, 0) is 0 Å². The molecule has 3 N–H and O–H groups in total. The number of hydrazine groups is 1. The standard InChI is InChI=1S/C13H18N4O3/c1-16(8-9-3-2-4-9)13(18)11-7-10(15-14)5-6-12(11)17(19)20/h5-7,9,15H,2-4,8,14H2,1H3. The summed E-state index contributed by atoms with van der Waals surface area (Å²) in [5.41, 5.74) is 2.73. The number of nitrogens with zero attached hydrogens (tertiary/aromatic N) is 2. The first-order chi connectivity index (χ1) is 9.52. The van der Waals surface area contributed by atoms with E-state index in [4.69, 9.17) is 5.84 Å². The van der Waals surface area contributed by atoms with E-state index in [1.165, 1.54) is 24.6 Å². The molecule has 0 saturated heterocycles. The Morgan fingerprint density at radius 3 is 2.75 bits per heavy atom. The van der Waals surface area contributed by atoms with E-state index in [1.807, 2.05) is 0 Å². The summed E-state index contributed by atoms with van der Waals surface area (Å²) < 4.78 is 0. The van der Waals surface area contributed by atoms with E-state index in [2.05, 4.69) is 5.43 Å². The molecule has 0 aliphatic heterocycles. The summed E-state index contributed by atoms with van der Waals surface area (Å²) in [5, 5.41) is 11.0. The van der Waals surface area contributed by atoms with E-state index in [0.717, 1.165) is 12.8 Å². The van der Waals surface area contributed by atoms with Crippen LogP contribution in [0.1, 0.15) is 29.6 Å². The van der Waals surface area contributed by atoms with Gasteiger partial charge in [0.2, 0.25) is 0 Å². The molecular formula is C13H18N4O3. The van der Waals surface area contributed by atoms with E-state index in [-0.39, 0.29) is 17.2 Å². The molecule has 1 aliphatic carbocycles. The molecule has 1 fully saturated rings. The minimum Gasteiger partial charge on any atom is -0.341 e. The second-order valence-electron chi connectivity index (χ2n) is 5.12. The number of nitro groups is 1. The Kier molecular flexibility index (Phi) is 4.19. The molecule has 108 valence electrons. The van der Waals surface area contributed by atoms with Crippen LogP contribution in [0.15, 0.2) is 18.2 Å². The van der Waals surface area contributed by atoms with Crippen molar-refractivity contribution < 1.29 is 9.72 Å². The van der Waals surface area contributed by atoms with E-state index in [1.54, 1.807) is 11.9 Å². The fourth-order valence-electron chi connectivity index (χ4n) is 2.31. The highest BCUT2D eigenvalue weighted by atomic mass is 16.6. The van der Waals surface area contributed by atoms with Gasteiger partial charge in [0.25, 0.3) is 11.6 Å². The molecule has 2 rings (SSSR count). The van der Waals surface area contributed by atoms with Gasteiger partial charge in [0.05, 0.1) is 4.92 Å². The second-order valence-corrected chi connectivity index (χ2v) is 5.12. The Morgan fingerprint density at radius 1 is 1.55 bits per heavy atom. The van der Waals surface area contributed by atoms with Gasteiger partial charge >= 0.3 is 0 Å². The van der Waals surface area contributed by atoms with Crippen LogP contribution in [-0.4, -0.2) is 29.3 Å². The van der Waals surface area contributed by atoms with E-state index in [0.29, 0.717) is 18.2 Å². The lowest BCUT2D eigenvalue weighted by atomic mass is 9.85. The SMILES string of the molecule is CN(CC1CCC1)C(=O)c1cc(NN)ccc1[N+](=O)[O-]. The van der Waals surface area contributed by atoms with Gasteiger partial charge in [-0.25, -0.2) is 0 Å². The van der Waals surface area contributed by atoms with Crippen molar-refractivity contribution in [1.82, 2.24) is 4.90 Å². The number of nitrogen functional groups attached to an aromatic ring is 1. The molecule has 1 aliphatic rings. The molecule has 20 heavy (non-hydrogen) atoms. The Hall–Kier alpha value is -2.15. The highest BCUT2D eigenvalue weighted by Crippen LogP contribution is 2.28. The van der Waals surface area contributed by atoms with Crippen molar-refractivity contribution in [3.63, 3.8) is 0 Å². The molecule has 7 heteroatoms. The van der Waals surface area contributed by atoms with Crippen molar-refractivity contribution in [2.24, 2.45) is 11.8 Å².